The Morgan fingerprint density at radius 2 is 1.80 bits per heavy atom. The van der Waals surface area contributed by atoms with Gasteiger partial charge in [0.05, 0.1) is 31.5 Å². The van der Waals surface area contributed by atoms with Crippen LogP contribution in [-0.2, 0) is 14.4 Å². The number of carbonyl (C=O) groups excluding carboxylic acids is 4. The van der Waals surface area contributed by atoms with Gasteiger partial charge in [0.25, 0.3) is 5.91 Å². The highest BCUT2D eigenvalue weighted by Crippen LogP contribution is 2.49. The minimum Gasteiger partial charge on any atom is -0.467 e. The number of β-lactam (4-membered cyclic amide) rings is 1. The van der Waals surface area contributed by atoms with E-state index in [9.17, 15) is 19.2 Å². The number of nitrogens with zero attached hydrogens (tertiary/aromatic N) is 1. The Balaban J connectivity index is 1.67. The number of rotatable bonds is 5. The van der Waals surface area contributed by atoms with Crippen LogP contribution in [-0.4, -0.2) is 48.7 Å². The summed E-state index contributed by atoms with van der Waals surface area (Å²) in [6, 6.07) is 6.57. The zero-order chi connectivity index (χ0) is 25.8. The molecule has 1 aromatic carbocycles. The molecule has 2 aliphatic heterocycles. The second kappa shape index (κ2) is 8.87. The predicted octanol–water partition coefficient (Wildman–Crippen LogP) is 4.54. The number of hydrogen-bond acceptors (Lipinski definition) is 5. The lowest BCUT2D eigenvalue weighted by Gasteiger charge is -2.52. The first-order chi connectivity index (χ1) is 16.4. The van der Waals surface area contributed by atoms with Crippen molar-refractivity contribution in [3.63, 3.8) is 0 Å². The summed E-state index contributed by atoms with van der Waals surface area (Å²) in [4.78, 5) is 54.2. The Morgan fingerprint density at radius 1 is 1.17 bits per heavy atom. The molecule has 0 radical (unpaired) electrons. The fourth-order valence-electron chi connectivity index (χ4n) is 5.82. The molecule has 2 fully saturated rings. The monoisotopic (exact) mass is 498 g/mol. The summed E-state index contributed by atoms with van der Waals surface area (Å²) in [5.74, 6) is -1.59. The maximum absolute atomic E-state index is 14.0. The van der Waals surface area contributed by atoms with Crippen LogP contribution in [0, 0.1) is 11.8 Å². The largest absolute Gasteiger partial charge is 0.467 e. The Labute approximate surface area is 209 Å². The molecule has 3 amide bonds. The van der Waals surface area contributed by atoms with Gasteiger partial charge in [-0.25, -0.2) is 4.90 Å². The average Bonchev–Trinajstić information content (AvgIpc) is 2.80. The van der Waals surface area contributed by atoms with Crippen molar-refractivity contribution in [2.45, 2.75) is 95.2 Å². The molecule has 3 aliphatic rings. The van der Waals surface area contributed by atoms with Crippen LogP contribution in [0.3, 0.4) is 0 Å². The minimum atomic E-state index is -2.22. The fraction of sp³-hybridized carbons (Fsp3) is 0.630. The van der Waals surface area contributed by atoms with E-state index in [-0.39, 0.29) is 22.8 Å². The molecule has 2 heterocycles. The maximum atomic E-state index is 14.0. The molecular weight excluding hydrogens is 460 g/mol. The van der Waals surface area contributed by atoms with Gasteiger partial charge in [-0.1, -0.05) is 59.3 Å². The molecule has 0 bridgehead atoms. The van der Waals surface area contributed by atoms with Crippen LogP contribution in [0.1, 0.15) is 70.2 Å². The molecule has 8 heteroatoms. The molecule has 1 aliphatic carbocycles. The van der Waals surface area contributed by atoms with E-state index < -0.39 is 37.2 Å². The van der Waals surface area contributed by atoms with E-state index in [1.54, 1.807) is 25.1 Å². The molecule has 1 saturated heterocycles. The number of carbonyl (C=O) groups is 4. The van der Waals surface area contributed by atoms with Crippen molar-refractivity contribution in [2.75, 3.05) is 0 Å². The summed E-state index contributed by atoms with van der Waals surface area (Å²) >= 11 is 0. The molecule has 1 N–H and O–H groups in total. The molecule has 1 saturated carbocycles. The van der Waals surface area contributed by atoms with Crippen molar-refractivity contribution < 1.29 is 23.9 Å². The smallest absolute Gasteiger partial charge is 0.267 e. The van der Waals surface area contributed by atoms with Gasteiger partial charge in [-0.2, -0.15) is 0 Å². The third-order valence-electron chi connectivity index (χ3n) is 9.11. The number of para-hydroxylation sites is 1. The molecule has 0 unspecified atom stereocenters. The zero-order valence-corrected chi connectivity index (χ0v) is 22.7. The maximum Gasteiger partial charge on any atom is 0.267 e. The quantitative estimate of drug-likeness (QED) is 0.366. The van der Waals surface area contributed by atoms with Crippen molar-refractivity contribution in [1.29, 1.82) is 0 Å². The summed E-state index contributed by atoms with van der Waals surface area (Å²) in [6.45, 7) is 12.4. The first kappa shape index (κ1) is 25.6. The van der Waals surface area contributed by atoms with E-state index >= 15 is 0 Å². The Morgan fingerprint density at radius 3 is 2.37 bits per heavy atom. The van der Waals surface area contributed by atoms with Crippen LogP contribution in [0.5, 0.6) is 5.75 Å². The molecule has 35 heavy (non-hydrogen) atoms. The number of hydrogen-bond donors (Lipinski definition) is 1. The standard InChI is InChI=1S/C27H38N2O5Si/c1-17(22-21(23(31)28-22)20(16-30)35(5,6)26(2,3)4)24(32)29-25(33)18-12-8-9-13-19(18)34-27(29)14-10-7-11-15-27/h8-9,12-13,16-17,20-22H,7,10-11,14-15H2,1-6H3,(H,28,31)/t17-,20+,21+,22-/m1/s1. The van der Waals surface area contributed by atoms with Crippen LogP contribution in [0.15, 0.2) is 24.3 Å². The predicted molar refractivity (Wildman–Crippen MR) is 136 cm³/mol. The molecule has 0 aromatic heterocycles. The molecular formula is C27H38N2O5Si. The number of imide groups is 1. The molecule has 4 atom stereocenters. The van der Waals surface area contributed by atoms with E-state index in [1.165, 1.54) is 4.90 Å². The van der Waals surface area contributed by atoms with Gasteiger partial charge < -0.3 is 14.8 Å². The normalized spacial score (nSPS) is 25.6. The van der Waals surface area contributed by atoms with Gasteiger partial charge in [0.2, 0.25) is 11.8 Å². The van der Waals surface area contributed by atoms with Gasteiger partial charge in [0.15, 0.2) is 5.72 Å². The van der Waals surface area contributed by atoms with E-state index in [0.29, 0.717) is 24.2 Å². The van der Waals surface area contributed by atoms with Crippen molar-refractivity contribution in [3.8, 4) is 5.75 Å². The molecule has 1 aromatic rings. The third-order valence-corrected chi connectivity index (χ3v) is 15.1. The van der Waals surface area contributed by atoms with Gasteiger partial charge in [-0.3, -0.25) is 14.4 Å². The van der Waals surface area contributed by atoms with Crippen LogP contribution < -0.4 is 10.1 Å². The van der Waals surface area contributed by atoms with Crippen molar-refractivity contribution in [1.82, 2.24) is 10.2 Å². The number of nitrogens with one attached hydrogen (secondary N) is 1. The van der Waals surface area contributed by atoms with E-state index in [0.717, 1.165) is 25.5 Å². The van der Waals surface area contributed by atoms with Crippen LogP contribution in [0.2, 0.25) is 23.7 Å². The second-order valence-corrected chi connectivity index (χ2v) is 17.7. The lowest BCUT2D eigenvalue weighted by molar-refractivity contribution is -0.161. The lowest BCUT2D eigenvalue weighted by Crippen LogP contribution is -2.70. The minimum absolute atomic E-state index is 0.0984. The van der Waals surface area contributed by atoms with Crippen LogP contribution >= 0.6 is 0 Å². The molecule has 7 nitrogen and oxygen atoms in total. The highest BCUT2D eigenvalue weighted by Gasteiger charge is 2.58. The molecule has 1 spiro atoms. The van der Waals surface area contributed by atoms with E-state index in [1.807, 2.05) is 6.07 Å². The highest BCUT2D eigenvalue weighted by molar-refractivity contribution is 6.84. The van der Waals surface area contributed by atoms with Crippen molar-refractivity contribution >= 4 is 32.1 Å². The Hall–Kier alpha value is -2.48. The van der Waals surface area contributed by atoms with E-state index in [2.05, 4.69) is 39.2 Å². The lowest BCUT2D eigenvalue weighted by atomic mass is 9.78. The van der Waals surface area contributed by atoms with Crippen LogP contribution in [0.25, 0.3) is 0 Å². The third kappa shape index (κ3) is 4.03. The van der Waals surface area contributed by atoms with E-state index in [4.69, 9.17) is 4.74 Å². The first-order valence-corrected chi connectivity index (χ1v) is 15.9. The van der Waals surface area contributed by atoms with Gasteiger partial charge in [-0.05, 0) is 30.0 Å². The number of aldehydes is 1. The molecule has 190 valence electrons. The summed E-state index contributed by atoms with van der Waals surface area (Å²) in [5.41, 5.74) is -1.04. The Kier molecular flexibility index (Phi) is 6.49. The average molecular weight is 499 g/mol. The summed E-state index contributed by atoms with van der Waals surface area (Å²) in [6.07, 6.45) is 4.88. The number of amides is 3. The molecule has 4 rings (SSSR count). The number of fused-ring (bicyclic) bond motifs is 1. The second-order valence-electron chi connectivity index (χ2n) is 12.1. The van der Waals surface area contributed by atoms with Gasteiger partial charge >= 0.3 is 0 Å². The van der Waals surface area contributed by atoms with Crippen LogP contribution in [0.4, 0.5) is 0 Å². The number of benzene rings is 1. The summed E-state index contributed by atoms with van der Waals surface area (Å²) in [5, 5.41) is 2.80. The summed E-state index contributed by atoms with van der Waals surface area (Å²) < 4.78 is 6.41. The number of ether oxygens (including phenoxy) is 1. The Bertz CT molecular complexity index is 1040. The summed E-state index contributed by atoms with van der Waals surface area (Å²) in [7, 11) is -2.22. The van der Waals surface area contributed by atoms with Gasteiger partial charge in [0.1, 0.15) is 12.0 Å². The highest BCUT2D eigenvalue weighted by atomic mass is 28.3. The SMILES string of the molecule is C[C@@H](C(=O)N1C(=O)c2ccccc2OC12CCCCC2)[C@H]1NC(=O)[C@H]1[C@H](C=O)[Si](C)(C)C(C)(C)C. The topological polar surface area (TPSA) is 92.8 Å². The zero-order valence-electron chi connectivity index (χ0n) is 21.7. The van der Waals surface area contributed by atoms with Gasteiger partial charge in [0, 0.05) is 18.4 Å². The van der Waals surface area contributed by atoms with Crippen molar-refractivity contribution in [2.24, 2.45) is 11.8 Å². The van der Waals surface area contributed by atoms with Gasteiger partial charge in [-0.15, -0.1) is 0 Å². The fourth-order valence-corrected chi connectivity index (χ4v) is 8.42. The first-order valence-electron chi connectivity index (χ1n) is 12.8. The van der Waals surface area contributed by atoms with Crippen molar-refractivity contribution in [3.05, 3.63) is 29.8 Å².